The van der Waals surface area contributed by atoms with Crippen molar-refractivity contribution in [2.75, 3.05) is 7.15 Å². The van der Waals surface area contributed by atoms with Crippen LogP contribution in [-0.2, 0) is 40.3 Å². The minimum absolute atomic E-state index is 0.307. The fraction of sp³-hybridized carbons (Fsp3) is 0.371. The molecule has 0 atom stereocenters. The molecular formula is C35H40BrCl2FN8O4S. The zero-order chi connectivity index (χ0) is 39.0. The summed E-state index contributed by atoms with van der Waals surface area (Å²) in [7, 11) is 2.28. The Morgan fingerprint density at radius 2 is 1.21 bits per heavy atom. The first-order valence-electron chi connectivity index (χ1n) is 17.1. The smallest absolute Gasteiger partial charge is 0.316 e. The van der Waals surface area contributed by atoms with Crippen LogP contribution in [0.5, 0.6) is 0 Å². The maximum atomic E-state index is 12.9. The minimum Gasteiger partial charge on any atom is -0.316 e. The summed E-state index contributed by atoms with van der Waals surface area (Å²) in [5, 5.41) is 1.30. The summed E-state index contributed by atoms with van der Waals surface area (Å²) in [5.74, 6) is 0. The van der Waals surface area contributed by atoms with Gasteiger partial charge in [-0.05, 0) is 76.4 Å². The van der Waals surface area contributed by atoms with Gasteiger partial charge in [-0.2, -0.15) is 0 Å². The van der Waals surface area contributed by atoms with Crippen LogP contribution in [0.2, 0.25) is 10.0 Å². The van der Waals surface area contributed by atoms with Crippen LogP contribution < -0.4 is 22.5 Å². The zero-order valence-corrected chi connectivity index (χ0v) is 33.1. The zero-order valence-electron chi connectivity index (χ0n) is 30.2. The van der Waals surface area contributed by atoms with Gasteiger partial charge in [0.1, 0.15) is 5.65 Å². The van der Waals surface area contributed by atoms with Crippen molar-refractivity contribution in [1.82, 2.24) is 37.4 Å². The third-order valence-corrected chi connectivity index (χ3v) is 9.86. The normalized spacial score (nSPS) is 11.3. The lowest BCUT2D eigenvalue weighted by Gasteiger charge is -2.10. The lowest BCUT2D eigenvalue weighted by molar-refractivity contribution is 0.565. The average Bonchev–Trinajstić information content (AvgIpc) is 3.64. The molecule has 0 fully saturated rings. The van der Waals surface area contributed by atoms with Gasteiger partial charge in [-0.15, -0.1) is 0 Å². The van der Waals surface area contributed by atoms with Crippen molar-refractivity contribution in [3.05, 3.63) is 121 Å². The number of aromatic amines is 1. The van der Waals surface area contributed by atoms with E-state index in [1.54, 1.807) is 47.5 Å². The second-order valence-corrected chi connectivity index (χ2v) is 13.9. The number of benzene rings is 2. The Morgan fingerprint density at radius 1 is 0.769 bits per heavy atom. The molecule has 0 aliphatic carbocycles. The summed E-state index contributed by atoms with van der Waals surface area (Å²) >= 11 is 20.7. The van der Waals surface area contributed by atoms with E-state index < -0.39 is 7.15 Å². The van der Waals surface area contributed by atoms with E-state index in [1.807, 2.05) is 38.1 Å². The van der Waals surface area contributed by atoms with E-state index in [4.69, 9.17) is 36.8 Å². The molecule has 6 aromatic rings. The summed E-state index contributed by atoms with van der Waals surface area (Å²) in [6.07, 6.45) is 3.34. The van der Waals surface area contributed by atoms with Crippen molar-refractivity contribution < 1.29 is 5.76 Å². The van der Waals surface area contributed by atoms with Gasteiger partial charge in [0.25, 0.3) is 11.1 Å². The first kappa shape index (κ1) is 39.2. The van der Waals surface area contributed by atoms with Gasteiger partial charge in [-0.1, -0.05) is 74.2 Å². The van der Waals surface area contributed by atoms with Crippen LogP contribution in [-0.4, -0.2) is 44.5 Å². The second kappa shape index (κ2) is 18.1. The minimum atomic E-state index is -1.00. The number of H-pyrrole nitrogens is 1. The highest BCUT2D eigenvalue weighted by Gasteiger charge is 2.20. The molecule has 4 heterocycles. The highest BCUT2D eigenvalue weighted by Crippen LogP contribution is 2.20. The number of hydrogen-bond acceptors (Lipinski definition) is 6. The van der Waals surface area contributed by atoms with Gasteiger partial charge in [0.05, 0.1) is 21.6 Å². The maximum absolute atomic E-state index is 12.9. The largest absolute Gasteiger partial charge is 0.332 e. The van der Waals surface area contributed by atoms with Gasteiger partial charge >= 0.3 is 11.4 Å². The van der Waals surface area contributed by atoms with E-state index in [-0.39, 0.29) is 22.5 Å². The van der Waals surface area contributed by atoms with Gasteiger partial charge in [-0.25, -0.2) is 14.6 Å². The first-order chi connectivity index (χ1) is 25.3. The molecule has 52 heavy (non-hydrogen) atoms. The molecule has 1 N–H and O–H groups in total. The number of rotatable bonds is 10. The lowest BCUT2D eigenvalue weighted by atomic mass is 10.2. The van der Waals surface area contributed by atoms with E-state index in [0.29, 0.717) is 68.1 Å². The molecule has 4 aromatic heterocycles. The predicted molar refractivity (Wildman–Crippen MR) is 212 cm³/mol. The Kier molecular flexibility index (Phi) is 13.7. The molecule has 0 saturated carbocycles. The third kappa shape index (κ3) is 8.59. The Morgan fingerprint density at radius 3 is 1.69 bits per heavy atom. The molecule has 17 heteroatoms. The number of hydrogen-bond donors (Lipinski definition) is 1. The quantitative estimate of drug-likeness (QED) is 0.119. The van der Waals surface area contributed by atoms with Crippen molar-refractivity contribution in [2.45, 2.75) is 65.7 Å². The molecule has 12 nitrogen and oxygen atoms in total. The molecule has 0 amide bonds. The van der Waals surface area contributed by atoms with Crippen LogP contribution in [0.1, 0.15) is 52.0 Å². The van der Waals surface area contributed by atoms with Crippen LogP contribution in [0.4, 0.5) is 4.39 Å². The van der Waals surface area contributed by atoms with Crippen LogP contribution in [0.15, 0.2) is 72.4 Å². The molecule has 278 valence electrons. The van der Waals surface area contributed by atoms with Gasteiger partial charge in [0.15, 0.2) is 26.2 Å². The number of fused-ring (bicyclic) bond motifs is 2. The van der Waals surface area contributed by atoms with Crippen LogP contribution in [0, 0.1) is 4.77 Å². The molecule has 0 spiro atoms. The number of nitrogens with zero attached hydrogens (tertiary/aromatic N) is 7. The van der Waals surface area contributed by atoms with Crippen molar-refractivity contribution in [1.29, 1.82) is 0 Å². The number of imidazole rings is 2. The van der Waals surface area contributed by atoms with Gasteiger partial charge in [0.2, 0.25) is 0 Å². The van der Waals surface area contributed by atoms with Crippen LogP contribution in [0.3, 0.4) is 0 Å². The Hall–Kier alpha value is -4.05. The number of aryl methyl sites for hydroxylation is 2. The van der Waals surface area contributed by atoms with E-state index in [1.165, 1.54) is 18.3 Å². The SMILES string of the molecule is CCCCn1c(=O)c2c([nH]c(=S)n2Cc2ccc(Cl)cc2)n(C)c1=O.CCCCn1c(=O)c2c(nc(Br)n2Cc2ccc(Cl)cc2)n(C)c1=O.[2H]CF. The van der Waals surface area contributed by atoms with Crippen LogP contribution >= 0.6 is 51.3 Å². The maximum Gasteiger partial charge on any atom is 0.332 e. The number of halogens is 4. The molecule has 0 unspecified atom stereocenters. The van der Waals surface area contributed by atoms with Gasteiger partial charge < -0.3 is 14.1 Å². The topological polar surface area (TPSA) is 127 Å². The molecule has 2 aromatic carbocycles. The monoisotopic (exact) mass is 837 g/mol. The molecule has 0 aliphatic rings. The summed E-state index contributed by atoms with van der Waals surface area (Å²) in [6.45, 7) is 5.73. The number of aromatic nitrogens is 8. The predicted octanol–water partition coefficient (Wildman–Crippen LogP) is 6.81. The Bertz CT molecular complexity index is 2500. The van der Waals surface area contributed by atoms with Gasteiger partial charge in [0, 0.05) is 37.2 Å². The first-order valence-corrected chi connectivity index (χ1v) is 18.4. The van der Waals surface area contributed by atoms with Crippen LogP contribution in [0.25, 0.3) is 22.3 Å². The summed E-state index contributed by atoms with van der Waals surface area (Å²) < 4.78 is 25.4. The standard InChI is InChI=1S/C17H18BrClN4O2.C17H19ClN4O2S.CH3F/c1-3-4-9-22-15(24)13-14(21(2)17(22)25)20-16(18)23(13)10-11-5-7-12(19)8-6-11;1-3-4-9-21-15(23)13-14(20(2)17(21)24)19-16(25)22(13)10-11-5-7-12(18)8-6-11;1-2/h5-8H,3-4,9-10H2,1-2H3;5-8H,3-4,9-10H2,1-2H3,(H,19,25);1H3/i;;1D. The molecule has 0 saturated heterocycles. The molecule has 0 bridgehead atoms. The summed E-state index contributed by atoms with van der Waals surface area (Å²) in [4.78, 5) is 58.2. The highest BCUT2D eigenvalue weighted by atomic mass is 79.9. The van der Waals surface area contributed by atoms with Crippen molar-refractivity contribution in [2.24, 2.45) is 14.1 Å². The Labute approximate surface area is 323 Å². The van der Waals surface area contributed by atoms with Crippen molar-refractivity contribution in [3.8, 4) is 0 Å². The summed E-state index contributed by atoms with van der Waals surface area (Å²) in [5.41, 5.74) is 2.32. The lowest BCUT2D eigenvalue weighted by Crippen LogP contribution is -2.39. The van der Waals surface area contributed by atoms with Gasteiger partial charge in [-0.3, -0.25) is 32.2 Å². The highest BCUT2D eigenvalue weighted by molar-refractivity contribution is 9.10. The van der Waals surface area contributed by atoms with Crippen molar-refractivity contribution in [3.63, 3.8) is 0 Å². The summed E-state index contributed by atoms with van der Waals surface area (Å²) in [6, 6.07) is 14.8. The fourth-order valence-corrected chi connectivity index (χ4v) is 6.60. The third-order valence-electron chi connectivity index (χ3n) is 8.43. The fourth-order valence-electron chi connectivity index (χ4n) is 5.62. The second-order valence-electron chi connectivity index (χ2n) is 11.9. The van der Waals surface area contributed by atoms with E-state index >= 15 is 0 Å². The average molecular weight is 840 g/mol. The molecule has 6 rings (SSSR count). The molecule has 0 radical (unpaired) electrons. The molecule has 0 aliphatic heterocycles. The van der Waals surface area contributed by atoms with Crippen molar-refractivity contribution >= 4 is 73.7 Å². The number of unbranched alkanes of at least 4 members (excludes halogenated alkanes) is 2. The number of alkyl halides is 1. The van der Waals surface area contributed by atoms with E-state index in [0.717, 1.165) is 36.8 Å². The van der Waals surface area contributed by atoms with E-state index in [9.17, 15) is 23.6 Å². The van der Waals surface area contributed by atoms with E-state index in [2.05, 4.69) is 25.9 Å². The molecular weight excluding hydrogens is 798 g/mol. The number of nitrogens with one attached hydrogen (secondary N) is 1. The Balaban J connectivity index is 0.000000220.